The number of hydrogen-bond acceptors (Lipinski definition) is 4. The van der Waals surface area contributed by atoms with Crippen LogP contribution in [0.4, 0.5) is 11.4 Å². The molecule has 0 spiro atoms. The fraction of sp³-hybridized carbons (Fsp3) is 0.500. The third-order valence-corrected chi connectivity index (χ3v) is 3.63. The molecule has 0 aliphatic carbocycles. The quantitative estimate of drug-likeness (QED) is 0.847. The highest BCUT2D eigenvalue weighted by Gasteiger charge is 2.12. The molecule has 0 saturated carbocycles. The number of benzene rings is 1. The maximum absolute atomic E-state index is 11.8. The van der Waals surface area contributed by atoms with Crippen molar-refractivity contribution in [1.82, 2.24) is 0 Å². The van der Waals surface area contributed by atoms with E-state index in [1.54, 1.807) is 0 Å². The summed E-state index contributed by atoms with van der Waals surface area (Å²) < 4.78 is 4.52. The molecule has 1 fully saturated rings. The topological polar surface area (TPSA) is 58.6 Å². The lowest BCUT2D eigenvalue weighted by Gasteiger charge is -2.29. The molecule has 0 bridgehead atoms. The van der Waals surface area contributed by atoms with Gasteiger partial charge in [-0.1, -0.05) is 6.07 Å². The van der Waals surface area contributed by atoms with Crippen LogP contribution in [0.25, 0.3) is 0 Å². The highest BCUT2D eigenvalue weighted by Crippen LogP contribution is 2.23. The number of piperidine rings is 1. The standard InChI is InChI=1S/C16H22N2O3/c1-21-16(20)9-8-15(19)17-13-6-5-7-14(12-13)18-10-3-2-4-11-18/h5-7,12H,2-4,8-11H2,1H3,(H,17,19). The van der Waals surface area contributed by atoms with Crippen LogP contribution >= 0.6 is 0 Å². The first-order valence-corrected chi connectivity index (χ1v) is 7.41. The van der Waals surface area contributed by atoms with E-state index < -0.39 is 0 Å². The first kappa shape index (κ1) is 15.4. The highest BCUT2D eigenvalue weighted by atomic mass is 16.5. The second-order valence-corrected chi connectivity index (χ2v) is 5.22. The van der Waals surface area contributed by atoms with Gasteiger partial charge in [-0.15, -0.1) is 0 Å². The van der Waals surface area contributed by atoms with E-state index in [4.69, 9.17) is 0 Å². The molecule has 5 nitrogen and oxygen atoms in total. The maximum atomic E-state index is 11.8. The molecule has 0 radical (unpaired) electrons. The molecule has 1 aromatic carbocycles. The van der Waals surface area contributed by atoms with E-state index in [9.17, 15) is 9.59 Å². The third kappa shape index (κ3) is 4.77. The van der Waals surface area contributed by atoms with Crippen molar-refractivity contribution in [2.45, 2.75) is 32.1 Å². The van der Waals surface area contributed by atoms with E-state index in [-0.39, 0.29) is 24.7 Å². The van der Waals surface area contributed by atoms with E-state index in [1.807, 2.05) is 18.2 Å². The lowest BCUT2D eigenvalue weighted by Crippen LogP contribution is -2.29. The summed E-state index contributed by atoms with van der Waals surface area (Å²) in [6, 6.07) is 7.86. The largest absolute Gasteiger partial charge is 0.469 e. The van der Waals surface area contributed by atoms with Gasteiger partial charge in [0.15, 0.2) is 0 Å². The summed E-state index contributed by atoms with van der Waals surface area (Å²) in [5, 5.41) is 2.83. The summed E-state index contributed by atoms with van der Waals surface area (Å²) >= 11 is 0. The fourth-order valence-corrected chi connectivity index (χ4v) is 2.47. The molecular formula is C16H22N2O3. The zero-order chi connectivity index (χ0) is 15.1. The van der Waals surface area contributed by atoms with E-state index in [2.05, 4.69) is 21.0 Å². The van der Waals surface area contributed by atoms with Gasteiger partial charge in [-0.25, -0.2) is 0 Å². The van der Waals surface area contributed by atoms with Crippen LogP contribution in [-0.4, -0.2) is 32.1 Å². The van der Waals surface area contributed by atoms with Gasteiger partial charge in [0.1, 0.15) is 0 Å². The summed E-state index contributed by atoms with van der Waals surface area (Å²) in [6.07, 6.45) is 3.97. The Morgan fingerprint density at radius 2 is 1.95 bits per heavy atom. The number of methoxy groups -OCH3 is 1. The van der Waals surface area contributed by atoms with Gasteiger partial charge in [-0.3, -0.25) is 9.59 Å². The SMILES string of the molecule is COC(=O)CCC(=O)Nc1cccc(N2CCCCC2)c1. The summed E-state index contributed by atoms with van der Waals surface area (Å²) in [7, 11) is 1.32. The van der Waals surface area contributed by atoms with Crippen LogP contribution in [0, 0.1) is 0 Å². The predicted molar refractivity (Wildman–Crippen MR) is 82.4 cm³/mol. The predicted octanol–water partition coefficient (Wildman–Crippen LogP) is 2.57. The lowest BCUT2D eigenvalue weighted by molar-refractivity contribution is -0.141. The minimum atomic E-state index is -0.368. The molecule has 114 valence electrons. The second-order valence-electron chi connectivity index (χ2n) is 5.22. The number of hydrogen-bond donors (Lipinski definition) is 1. The summed E-state index contributed by atoms with van der Waals surface area (Å²) in [5.74, 6) is -0.539. The number of rotatable bonds is 5. The van der Waals surface area contributed by atoms with Gasteiger partial charge in [0, 0.05) is 30.9 Å². The van der Waals surface area contributed by atoms with Crippen molar-refractivity contribution in [1.29, 1.82) is 0 Å². The van der Waals surface area contributed by atoms with Gasteiger partial charge in [-0.2, -0.15) is 0 Å². The average Bonchev–Trinajstić information content (AvgIpc) is 2.53. The molecule has 1 saturated heterocycles. The van der Waals surface area contributed by atoms with Crippen LogP contribution in [0.5, 0.6) is 0 Å². The van der Waals surface area contributed by atoms with Crippen molar-refractivity contribution in [3.05, 3.63) is 24.3 Å². The lowest BCUT2D eigenvalue weighted by atomic mass is 10.1. The molecule has 1 aromatic rings. The van der Waals surface area contributed by atoms with Gasteiger partial charge in [0.05, 0.1) is 13.5 Å². The zero-order valence-corrected chi connectivity index (χ0v) is 12.4. The number of esters is 1. The molecule has 1 aliphatic rings. The molecule has 1 amide bonds. The van der Waals surface area contributed by atoms with Crippen LogP contribution in [0.3, 0.4) is 0 Å². The van der Waals surface area contributed by atoms with Crippen molar-refractivity contribution in [3.8, 4) is 0 Å². The van der Waals surface area contributed by atoms with Gasteiger partial charge in [0.2, 0.25) is 5.91 Å². The van der Waals surface area contributed by atoms with Crippen LogP contribution in [0.1, 0.15) is 32.1 Å². The minimum absolute atomic E-state index is 0.105. The van der Waals surface area contributed by atoms with Crippen molar-refractivity contribution < 1.29 is 14.3 Å². The first-order chi connectivity index (χ1) is 10.2. The van der Waals surface area contributed by atoms with E-state index in [0.29, 0.717) is 0 Å². The second kappa shape index (κ2) is 7.67. The summed E-state index contributed by atoms with van der Waals surface area (Å²) in [6.45, 7) is 2.14. The molecule has 1 N–H and O–H groups in total. The van der Waals surface area contributed by atoms with Crippen LogP contribution in [0.15, 0.2) is 24.3 Å². The van der Waals surface area contributed by atoms with Crippen molar-refractivity contribution in [2.24, 2.45) is 0 Å². The number of ether oxygens (including phenoxy) is 1. The van der Waals surface area contributed by atoms with Gasteiger partial charge in [0.25, 0.3) is 0 Å². The molecule has 0 unspecified atom stereocenters. The van der Waals surface area contributed by atoms with Gasteiger partial charge >= 0.3 is 5.97 Å². The van der Waals surface area contributed by atoms with E-state index in [0.717, 1.165) is 24.5 Å². The van der Waals surface area contributed by atoms with Crippen LogP contribution in [0.2, 0.25) is 0 Å². The molecule has 5 heteroatoms. The number of carbonyl (C=O) groups excluding carboxylic acids is 2. The van der Waals surface area contributed by atoms with Crippen molar-refractivity contribution >= 4 is 23.3 Å². The molecule has 0 atom stereocenters. The summed E-state index contributed by atoms with van der Waals surface area (Å²) in [4.78, 5) is 25.1. The first-order valence-electron chi connectivity index (χ1n) is 7.41. The Morgan fingerprint density at radius 1 is 1.19 bits per heavy atom. The molecule has 1 heterocycles. The smallest absolute Gasteiger partial charge is 0.306 e. The van der Waals surface area contributed by atoms with Crippen molar-refractivity contribution in [3.63, 3.8) is 0 Å². The van der Waals surface area contributed by atoms with Crippen molar-refractivity contribution in [2.75, 3.05) is 30.4 Å². The number of nitrogens with one attached hydrogen (secondary N) is 1. The minimum Gasteiger partial charge on any atom is -0.469 e. The zero-order valence-electron chi connectivity index (χ0n) is 12.4. The number of amides is 1. The molecule has 2 rings (SSSR count). The number of carbonyl (C=O) groups is 2. The Balaban J connectivity index is 1.91. The van der Waals surface area contributed by atoms with Crippen LogP contribution < -0.4 is 10.2 Å². The van der Waals surface area contributed by atoms with E-state index in [1.165, 1.54) is 26.4 Å². The Bertz CT molecular complexity index is 496. The van der Waals surface area contributed by atoms with Gasteiger partial charge in [-0.05, 0) is 37.5 Å². The molecule has 21 heavy (non-hydrogen) atoms. The number of nitrogens with zero attached hydrogens (tertiary/aromatic N) is 1. The normalized spacial score (nSPS) is 14.6. The third-order valence-electron chi connectivity index (χ3n) is 3.63. The van der Waals surface area contributed by atoms with Gasteiger partial charge < -0.3 is 15.0 Å². The highest BCUT2D eigenvalue weighted by molar-refractivity contribution is 5.93. The number of anilines is 2. The molecule has 1 aliphatic heterocycles. The molecule has 0 aromatic heterocycles. The Morgan fingerprint density at radius 3 is 2.67 bits per heavy atom. The monoisotopic (exact) mass is 290 g/mol. The Labute approximate surface area is 125 Å². The fourth-order valence-electron chi connectivity index (χ4n) is 2.47. The summed E-state index contributed by atoms with van der Waals surface area (Å²) in [5.41, 5.74) is 1.91. The molecular weight excluding hydrogens is 268 g/mol. The average molecular weight is 290 g/mol. The Hall–Kier alpha value is -2.04. The van der Waals surface area contributed by atoms with E-state index >= 15 is 0 Å². The maximum Gasteiger partial charge on any atom is 0.306 e. The Kier molecular flexibility index (Phi) is 5.60. The van der Waals surface area contributed by atoms with Crippen LogP contribution in [-0.2, 0) is 14.3 Å².